The van der Waals surface area contributed by atoms with Crippen molar-refractivity contribution in [2.24, 2.45) is 5.92 Å². The number of alkyl halides is 6. The van der Waals surface area contributed by atoms with Gasteiger partial charge >= 0.3 is 12.4 Å². The van der Waals surface area contributed by atoms with Crippen molar-refractivity contribution in [2.45, 2.75) is 37.3 Å². The molecule has 0 saturated carbocycles. The Bertz CT molecular complexity index is 894. The Labute approximate surface area is 164 Å². The Morgan fingerprint density at radius 2 is 1.34 bits per heavy atom. The standard InChI is InChI=1S/C22H19F6N/c1-29-19-8-6-15(7-9-19)20(29)14-4-2-13(3-5-14)16-10-17(21(23,24)25)12-18(11-16)22(26,27)28/h2-6,8,10-12,15,19-20H,7,9H2,1H3/p+1/t15-,19+,20-/m0/s1. The third kappa shape index (κ3) is 3.80. The lowest BCUT2D eigenvalue weighted by Crippen LogP contribution is -3.15. The maximum absolute atomic E-state index is 13.1. The molecule has 4 atom stereocenters. The second-order valence-corrected chi connectivity index (χ2v) is 7.87. The van der Waals surface area contributed by atoms with E-state index in [4.69, 9.17) is 0 Å². The Hall–Kier alpha value is -2.28. The smallest absolute Gasteiger partial charge is 0.325 e. The largest absolute Gasteiger partial charge is 0.416 e. The van der Waals surface area contributed by atoms with Crippen LogP contribution in [0.5, 0.6) is 0 Å². The van der Waals surface area contributed by atoms with Crippen molar-refractivity contribution in [3.8, 4) is 11.1 Å². The van der Waals surface area contributed by atoms with Gasteiger partial charge in [-0.3, -0.25) is 0 Å². The highest BCUT2D eigenvalue weighted by Gasteiger charge is 2.41. The van der Waals surface area contributed by atoms with E-state index in [0.29, 0.717) is 17.5 Å². The van der Waals surface area contributed by atoms with Gasteiger partial charge in [0.25, 0.3) is 0 Å². The fourth-order valence-corrected chi connectivity index (χ4v) is 4.58. The minimum Gasteiger partial charge on any atom is -0.325 e. The Morgan fingerprint density at radius 3 is 1.79 bits per heavy atom. The molecule has 2 aromatic carbocycles. The first-order valence-corrected chi connectivity index (χ1v) is 9.45. The third-order valence-electron chi connectivity index (χ3n) is 6.10. The van der Waals surface area contributed by atoms with Gasteiger partial charge in [0.05, 0.1) is 18.2 Å². The van der Waals surface area contributed by atoms with E-state index in [1.54, 1.807) is 12.1 Å². The second kappa shape index (κ2) is 6.90. The van der Waals surface area contributed by atoms with Crippen LogP contribution in [0.4, 0.5) is 26.3 Å². The molecule has 1 aliphatic carbocycles. The van der Waals surface area contributed by atoms with Crippen LogP contribution >= 0.6 is 0 Å². The van der Waals surface area contributed by atoms with E-state index in [1.807, 2.05) is 12.1 Å². The van der Waals surface area contributed by atoms with Crippen molar-refractivity contribution in [1.82, 2.24) is 0 Å². The van der Waals surface area contributed by atoms with Gasteiger partial charge in [0.15, 0.2) is 0 Å². The van der Waals surface area contributed by atoms with Crippen LogP contribution in [0.15, 0.2) is 54.6 Å². The summed E-state index contributed by atoms with van der Waals surface area (Å²) < 4.78 is 78.7. The summed E-state index contributed by atoms with van der Waals surface area (Å²) >= 11 is 0. The van der Waals surface area contributed by atoms with Crippen LogP contribution in [0.3, 0.4) is 0 Å². The molecule has 3 aliphatic rings. The van der Waals surface area contributed by atoms with Crippen LogP contribution in [0.2, 0.25) is 0 Å². The number of hydrogen-bond acceptors (Lipinski definition) is 0. The van der Waals surface area contributed by atoms with Crippen LogP contribution < -0.4 is 4.90 Å². The molecule has 2 aromatic rings. The zero-order valence-electron chi connectivity index (χ0n) is 15.6. The van der Waals surface area contributed by atoms with Crippen molar-refractivity contribution in [3.63, 3.8) is 0 Å². The summed E-state index contributed by atoms with van der Waals surface area (Å²) in [6.07, 6.45) is -3.03. The normalized spacial score (nSPS) is 26.7. The van der Waals surface area contributed by atoms with E-state index in [0.717, 1.165) is 30.5 Å². The maximum Gasteiger partial charge on any atom is 0.416 e. The van der Waals surface area contributed by atoms with E-state index in [1.165, 1.54) is 4.90 Å². The lowest BCUT2D eigenvalue weighted by atomic mass is 9.77. The van der Waals surface area contributed by atoms with Gasteiger partial charge in [-0.15, -0.1) is 0 Å². The fraction of sp³-hybridized carbons (Fsp3) is 0.364. The van der Waals surface area contributed by atoms with Gasteiger partial charge in [-0.2, -0.15) is 26.3 Å². The number of fused-ring (bicyclic) bond motifs is 2. The minimum absolute atomic E-state index is 0.0931. The van der Waals surface area contributed by atoms with Gasteiger partial charge in [-0.05, 0) is 41.8 Å². The summed E-state index contributed by atoms with van der Waals surface area (Å²) in [6.45, 7) is 0. The van der Waals surface area contributed by atoms with E-state index >= 15 is 0 Å². The van der Waals surface area contributed by atoms with Crippen LogP contribution in [0.1, 0.15) is 35.6 Å². The van der Waals surface area contributed by atoms with Crippen molar-refractivity contribution in [3.05, 3.63) is 71.3 Å². The molecule has 0 radical (unpaired) electrons. The topological polar surface area (TPSA) is 4.44 Å². The number of quaternary nitrogens is 1. The van der Waals surface area contributed by atoms with Crippen LogP contribution in [0, 0.1) is 5.92 Å². The third-order valence-corrected chi connectivity index (χ3v) is 6.10. The molecule has 1 unspecified atom stereocenters. The molecule has 1 saturated heterocycles. The van der Waals surface area contributed by atoms with E-state index in [9.17, 15) is 26.3 Å². The molecular formula is C22H20F6N+. The molecule has 29 heavy (non-hydrogen) atoms. The van der Waals surface area contributed by atoms with Gasteiger partial charge in [-0.25, -0.2) is 0 Å². The van der Waals surface area contributed by atoms with Crippen LogP contribution in [0.25, 0.3) is 11.1 Å². The van der Waals surface area contributed by atoms with E-state index in [-0.39, 0.29) is 17.7 Å². The average molecular weight is 412 g/mol. The molecular weight excluding hydrogens is 392 g/mol. The lowest BCUT2D eigenvalue weighted by molar-refractivity contribution is -0.942. The molecule has 1 N–H and O–H groups in total. The number of benzene rings is 2. The van der Waals surface area contributed by atoms with Gasteiger partial charge in [0.1, 0.15) is 12.1 Å². The van der Waals surface area contributed by atoms with Crippen molar-refractivity contribution in [2.75, 3.05) is 7.05 Å². The highest BCUT2D eigenvalue weighted by molar-refractivity contribution is 5.66. The highest BCUT2D eigenvalue weighted by atomic mass is 19.4. The number of halogens is 6. The van der Waals surface area contributed by atoms with Gasteiger partial charge in [0, 0.05) is 17.9 Å². The Morgan fingerprint density at radius 1 is 0.759 bits per heavy atom. The molecule has 154 valence electrons. The van der Waals surface area contributed by atoms with Gasteiger partial charge < -0.3 is 4.90 Å². The summed E-state index contributed by atoms with van der Waals surface area (Å²) in [5.74, 6) is 0.399. The molecule has 1 fully saturated rings. The molecule has 0 spiro atoms. The van der Waals surface area contributed by atoms with Crippen LogP contribution in [-0.4, -0.2) is 13.1 Å². The highest BCUT2D eigenvalue weighted by Crippen LogP contribution is 2.39. The van der Waals surface area contributed by atoms with Crippen LogP contribution in [-0.2, 0) is 12.4 Å². The number of likely N-dealkylation sites (N-methyl/N-ethyl adjacent to an activating group) is 1. The first-order valence-electron chi connectivity index (χ1n) is 9.45. The van der Waals surface area contributed by atoms with Gasteiger partial charge in [0.2, 0.25) is 0 Å². The number of rotatable bonds is 2. The molecule has 2 heterocycles. The fourth-order valence-electron chi connectivity index (χ4n) is 4.58. The van der Waals surface area contributed by atoms with Crippen molar-refractivity contribution < 1.29 is 31.2 Å². The number of hydrogen-bond donors (Lipinski definition) is 1. The van der Waals surface area contributed by atoms with E-state index < -0.39 is 23.5 Å². The Kier molecular flexibility index (Phi) is 4.76. The van der Waals surface area contributed by atoms with E-state index in [2.05, 4.69) is 19.2 Å². The molecule has 0 amide bonds. The molecule has 1 nitrogen and oxygen atoms in total. The first kappa shape index (κ1) is 20.0. The summed E-state index contributed by atoms with van der Waals surface area (Å²) in [5.41, 5.74) is -1.31. The summed E-state index contributed by atoms with van der Waals surface area (Å²) in [5, 5.41) is 0. The predicted octanol–water partition coefficient (Wildman–Crippen LogP) is 5.30. The SMILES string of the molecule is C[NH+]1[C@@H]2C=C[C@@H](CC2)[C@@H]1c1ccc(-c2cc(C(F)(F)F)cc(C(F)(F)F)c2)cc1. The quantitative estimate of drug-likeness (QED) is 0.505. The predicted molar refractivity (Wildman–Crippen MR) is 97.2 cm³/mol. The summed E-state index contributed by atoms with van der Waals surface area (Å²) in [4.78, 5) is 1.37. The van der Waals surface area contributed by atoms with Gasteiger partial charge in [-0.1, -0.05) is 30.3 Å². The zero-order chi connectivity index (χ0) is 21.0. The van der Waals surface area contributed by atoms with Crippen molar-refractivity contribution in [1.29, 1.82) is 0 Å². The van der Waals surface area contributed by atoms with Crippen molar-refractivity contribution >= 4 is 0 Å². The average Bonchev–Trinajstić information content (AvgIpc) is 2.67. The molecule has 2 aliphatic heterocycles. The maximum atomic E-state index is 13.1. The Balaban J connectivity index is 1.70. The molecule has 2 bridgehead atoms. The summed E-state index contributed by atoms with van der Waals surface area (Å²) in [6, 6.07) is 9.27. The molecule has 0 aromatic heterocycles. The number of piperidine rings is 1. The second-order valence-electron chi connectivity index (χ2n) is 7.87. The monoisotopic (exact) mass is 412 g/mol. The first-order chi connectivity index (χ1) is 13.5. The molecule has 7 heteroatoms. The molecule has 5 rings (SSSR count). The number of nitrogens with one attached hydrogen (secondary N) is 1. The zero-order valence-corrected chi connectivity index (χ0v) is 15.6. The summed E-state index contributed by atoms with van der Waals surface area (Å²) in [7, 11) is 2.13. The minimum atomic E-state index is -4.85. The lowest BCUT2D eigenvalue weighted by Gasteiger charge is -2.43.